The molecule has 2 aromatic carbocycles. The Morgan fingerprint density at radius 2 is 0.914 bits per heavy atom. The first-order valence-corrected chi connectivity index (χ1v) is 22.5. The number of benzene rings is 2. The second-order valence-corrected chi connectivity index (χ2v) is 15.9. The number of carbonyl (C=O) groups is 8. The molecule has 0 radical (unpaired) electrons. The van der Waals surface area contributed by atoms with Crippen LogP contribution in [0.15, 0.2) is 48.7 Å². The normalized spacial score (nSPS) is 13.9. The summed E-state index contributed by atoms with van der Waals surface area (Å²) in [6, 6.07) is 12.6. The van der Waals surface area contributed by atoms with Crippen LogP contribution in [0.3, 0.4) is 0 Å². The highest BCUT2D eigenvalue weighted by atomic mass is 16.6. The second-order valence-electron chi connectivity index (χ2n) is 15.9. The van der Waals surface area contributed by atoms with Gasteiger partial charge in [-0.25, -0.2) is 0 Å². The Hall–Kier alpha value is -6.50. The summed E-state index contributed by atoms with van der Waals surface area (Å²) in [5.74, 6) is -5.69. The first kappa shape index (κ1) is 61.5. The number of aryl methyl sites for hydroxylation is 2. The summed E-state index contributed by atoms with van der Waals surface area (Å²) >= 11 is 0. The van der Waals surface area contributed by atoms with Crippen molar-refractivity contribution in [2.24, 2.45) is 0 Å². The van der Waals surface area contributed by atoms with Crippen molar-refractivity contribution in [2.45, 2.75) is 48.0 Å². The number of hydrogen-bond donors (Lipinski definition) is 7. The number of hydrogen-bond acceptors (Lipinski definition) is 18. The maximum atomic E-state index is 11.2. The van der Waals surface area contributed by atoms with Crippen LogP contribution in [0.2, 0.25) is 0 Å². The number of ether oxygens (including phenoxy) is 2. The van der Waals surface area contributed by atoms with Crippen molar-refractivity contribution in [2.75, 3.05) is 118 Å². The smallest absolute Gasteiger partial charge is 0.327 e. The van der Waals surface area contributed by atoms with E-state index in [0.717, 1.165) is 23.7 Å². The Bertz CT molecular complexity index is 2030. The molecule has 2 aliphatic rings. The fourth-order valence-corrected chi connectivity index (χ4v) is 6.87. The number of morpholine rings is 2. The van der Waals surface area contributed by atoms with Gasteiger partial charge in [-0.05, 0) is 67.4 Å². The number of carbonyl (C=O) groups excluding carboxylic acids is 4. The first-order valence-electron chi connectivity index (χ1n) is 22.5. The summed E-state index contributed by atoms with van der Waals surface area (Å²) in [6.07, 6.45) is 4.01. The van der Waals surface area contributed by atoms with Gasteiger partial charge in [-0.3, -0.25) is 67.8 Å². The lowest BCUT2D eigenvalue weighted by molar-refractivity contribution is -0.168. The number of aromatic nitrogens is 1. The Morgan fingerprint density at radius 3 is 1.29 bits per heavy atom. The number of phenolic OH excluding ortho intramolecular Hbond substituents is 2. The van der Waals surface area contributed by atoms with Crippen LogP contribution in [0.5, 0.6) is 11.5 Å². The van der Waals surface area contributed by atoms with E-state index in [4.69, 9.17) is 25.5 Å². The quantitative estimate of drug-likeness (QED) is 0.0492. The molecule has 3 aromatic rings. The van der Waals surface area contributed by atoms with E-state index < -0.39 is 47.8 Å². The monoisotopic (exact) mass is 989 g/mol. The largest absolute Gasteiger partial charge is 0.508 e. The van der Waals surface area contributed by atoms with Crippen LogP contribution >= 0.6 is 0 Å². The van der Waals surface area contributed by atoms with E-state index >= 15 is 0 Å². The van der Waals surface area contributed by atoms with Crippen LogP contribution in [0, 0.1) is 0 Å². The minimum Gasteiger partial charge on any atom is -0.508 e. The van der Waals surface area contributed by atoms with E-state index in [1.807, 2.05) is 38.2 Å². The molecule has 23 nitrogen and oxygen atoms in total. The van der Waals surface area contributed by atoms with Gasteiger partial charge in [0.25, 0.3) is 0 Å². The standard InChI is InChI=1S/C14H19N3O8.C14H27N3O6.C10H11NO.C8H10O.CH4/c18-10(19)5-15(1-3-16-6-11(20)24-12(21)7-16)2-4-17-8-13(22)25-14(23)9-17;1-3-15(9-12(18)19)5-7-17(11-14(22)23)8-6-16(4-2)10-13(20)21;1-2-7-6-11-10-4-3-8(12)5-9(7)10;1-2-7-3-5-8(9)6-4-7;/h1-9H2,(H,18,19);3-11H2,1-2H3,(H,18,19)(H,20,21)(H,22,23);3-6,11-12H,2H2,1H3;3-6,9H,2H2,1H3;1H4. The number of rotatable bonds is 24. The zero-order chi connectivity index (χ0) is 51.5. The van der Waals surface area contributed by atoms with Gasteiger partial charge in [0.2, 0.25) is 0 Å². The second kappa shape index (κ2) is 33.1. The lowest BCUT2D eigenvalue weighted by atomic mass is 10.1. The van der Waals surface area contributed by atoms with Crippen molar-refractivity contribution in [3.8, 4) is 11.5 Å². The first-order chi connectivity index (χ1) is 32.7. The molecular weight excluding hydrogens is 919 g/mol. The summed E-state index contributed by atoms with van der Waals surface area (Å²) < 4.78 is 8.85. The van der Waals surface area contributed by atoms with Gasteiger partial charge in [-0.2, -0.15) is 0 Å². The van der Waals surface area contributed by atoms with Gasteiger partial charge in [-0.1, -0.05) is 47.3 Å². The Kier molecular flexibility index (Phi) is 29.1. The number of fused-ring (bicyclic) bond motifs is 1. The molecule has 2 fully saturated rings. The molecule has 0 spiro atoms. The maximum absolute atomic E-state index is 11.2. The van der Waals surface area contributed by atoms with Crippen LogP contribution < -0.4 is 0 Å². The molecule has 0 atom stereocenters. The zero-order valence-electron chi connectivity index (χ0n) is 39.7. The van der Waals surface area contributed by atoms with Crippen molar-refractivity contribution >= 4 is 58.7 Å². The van der Waals surface area contributed by atoms with Gasteiger partial charge in [-0.15, -0.1) is 0 Å². The SMILES string of the molecule is C.CCN(CCN(CCN(CC)CC(=O)O)CC(=O)O)CC(=O)O.CCc1c[nH]c2ccc(O)cc12.CCc1ccc(O)cc1.O=C(O)CN(CCN1CC(=O)OC(=O)C1)CCN1CC(=O)OC(=O)C1. The summed E-state index contributed by atoms with van der Waals surface area (Å²) in [5.41, 5.74) is 3.60. The third-order valence-electron chi connectivity index (χ3n) is 10.6. The number of phenols is 2. The van der Waals surface area contributed by atoms with E-state index in [2.05, 4.69) is 28.3 Å². The van der Waals surface area contributed by atoms with Crippen LogP contribution in [0.4, 0.5) is 0 Å². The molecule has 1 aromatic heterocycles. The van der Waals surface area contributed by atoms with Crippen molar-refractivity contribution in [3.63, 3.8) is 0 Å². The third kappa shape index (κ3) is 25.7. The number of cyclic esters (lactones) is 4. The molecule has 3 heterocycles. The Morgan fingerprint density at radius 1 is 0.543 bits per heavy atom. The van der Waals surface area contributed by atoms with Gasteiger partial charge in [0.1, 0.15) is 11.5 Å². The number of aromatic hydroxyl groups is 2. The minimum atomic E-state index is -1.02. The molecule has 7 N–H and O–H groups in total. The number of carboxylic acid groups (broad SMARTS) is 4. The van der Waals surface area contributed by atoms with Gasteiger partial charge in [0.05, 0.1) is 52.4 Å². The fourth-order valence-electron chi connectivity index (χ4n) is 6.87. The van der Waals surface area contributed by atoms with Gasteiger partial charge in [0.15, 0.2) is 0 Å². The lowest BCUT2D eigenvalue weighted by Gasteiger charge is -2.30. The number of carboxylic acids is 4. The minimum absolute atomic E-state index is 0. The molecule has 0 bridgehead atoms. The van der Waals surface area contributed by atoms with Crippen molar-refractivity contribution in [1.29, 1.82) is 0 Å². The maximum Gasteiger partial charge on any atom is 0.327 e. The average molecular weight is 990 g/mol. The highest BCUT2D eigenvalue weighted by Gasteiger charge is 2.27. The summed E-state index contributed by atoms with van der Waals surface area (Å²) in [4.78, 5) is 101. The number of esters is 4. The van der Waals surface area contributed by atoms with E-state index in [-0.39, 0.29) is 59.8 Å². The van der Waals surface area contributed by atoms with E-state index in [9.17, 15) is 43.5 Å². The molecule has 5 rings (SSSR count). The summed E-state index contributed by atoms with van der Waals surface area (Å²) in [5, 5.41) is 54.8. The Labute approximate surface area is 407 Å². The Balaban J connectivity index is 0.000000496. The van der Waals surface area contributed by atoms with Gasteiger partial charge >= 0.3 is 47.8 Å². The van der Waals surface area contributed by atoms with Gasteiger partial charge < -0.3 is 45.1 Å². The van der Waals surface area contributed by atoms with Crippen LogP contribution in [-0.4, -0.2) is 231 Å². The zero-order valence-corrected chi connectivity index (χ0v) is 39.7. The van der Waals surface area contributed by atoms with Crippen LogP contribution in [-0.2, 0) is 60.7 Å². The summed E-state index contributed by atoms with van der Waals surface area (Å²) in [7, 11) is 0. The number of nitrogens with one attached hydrogen (secondary N) is 1. The van der Waals surface area contributed by atoms with E-state index in [0.29, 0.717) is 76.9 Å². The molecule has 0 aliphatic carbocycles. The predicted molar refractivity (Wildman–Crippen MR) is 256 cm³/mol. The topological polar surface area (TPSA) is 312 Å². The number of aliphatic carboxylic acids is 4. The molecule has 70 heavy (non-hydrogen) atoms. The molecule has 390 valence electrons. The average Bonchev–Trinajstić information content (AvgIpc) is 3.69. The lowest BCUT2D eigenvalue weighted by Crippen LogP contribution is -2.49. The van der Waals surface area contributed by atoms with Crippen LogP contribution in [0.25, 0.3) is 10.9 Å². The van der Waals surface area contributed by atoms with E-state index in [1.54, 1.807) is 53.7 Å². The number of H-pyrrole nitrogens is 1. The fraction of sp³-hybridized carbons (Fsp3) is 0.532. The summed E-state index contributed by atoms with van der Waals surface area (Å²) in [6.45, 7) is 11.3. The molecule has 2 aliphatic heterocycles. The number of likely N-dealkylation sites (N-methyl/N-ethyl adjacent to an activating group) is 2. The van der Waals surface area contributed by atoms with Crippen molar-refractivity contribution < 1.29 is 78.5 Å². The molecule has 0 amide bonds. The van der Waals surface area contributed by atoms with Gasteiger partial charge in [0, 0.05) is 69.5 Å². The number of aromatic amines is 1. The van der Waals surface area contributed by atoms with E-state index in [1.165, 1.54) is 11.1 Å². The highest BCUT2D eigenvalue weighted by molar-refractivity contribution is 5.90. The predicted octanol–water partition coefficient (Wildman–Crippen LogP) is 1.36. The number of nitrogens with zero attached hydrogens (tertiary/aromatic N) is 6. The molecule has 23 heteroatoms. The molecule has 0 saturated carbocycles. The van der Waals surface area contributed by atoms with Crippen molar-refractivity contribution in [1.82, 2.24) is 34.4 Å². The van der Waals surface area contributed by atoms with Crippen molar-refractivity contribution in [3.05, 3.63) is 59.8 Å². The molecule has 2 saturated heterocycles. The third-order valence-corrected chi connectivity index (χ3v) is 10.6. The molecular formula is C47H71N7O16. The molecule has 0 unspecified atom stereocenters. The highest BCUT2D eigenvalue weighted by Crippen LogP contribution is 2.23. The van der Waals surface area contributed by atoms with Crippen LogP contribution in [0.1, 0.15) is 46.2 Å².